The molecular weight excluding hydrogens is 484 g/mol. The van der Waals surface area contributed by atoms with E-state index in [0.29, 0.717) is 36.0 Å². The third-order valence-corrected chi connectivity index (χ3v) is 12.3. The first-order valence-electron chi connectivity index (χ1n) is 12.4. The van der Waals surface area contributed by atoms with Gasteiger partial charge < -0.3 is 4.74 Å². The van der Waals surface area contributed by atoms with E-state index in [1.54, 1.807) is 32.9 Å². The molecule has 0 saturated carbocycles. The zero-order valence-corrected chi connectivity index (χ0v) is 21.7. The lowest BCUT2D eigenvalue weighted by molar-refractivity contribution is -0.161. The fourth-order valence-electron chi connectivity index (χ4n) is 6.65. The van der Waals surface area contributed by atoms with E-state index >= 15 is 0 Å². The quantitative estimate of drug-likeness (QED) is 0.624. The molecule has 2 aromatic carbocycles. The molecule has 4 fully saturated rings. The van der Waals surface area contributed by atoms with Gasteiger partial charge in [0.15, 0.2) is 0 Å². The molecule has 4 heterocycles. The molecule has 0 radical (unpaired) electrons. The Labute approximate surface area is 208 Å². The highest BCUT2D eigenvalue weighted by Gasteiger charge is 2.55. The molecule has 0 amide bonds. The highest BCUT2D eigenvalue weighted by Crippen LogP contribution is 2.50. The highest BCUT2D eigenvalue weighted by molar-refractivity contribution is 7.89. The van der Waals surface area contributed by atoms with Gasteiger partial charge in [-0.15, -0.1) is 0 Å². The minimum atomic E-state index is -3.53. The van der Waals surface area contributed by atoms with E-state index < -0.39 is 20.0 Å². The second kappa shape index (κ2) is 8.38. The summed E-state index contributed by atoms with van der Waals surface area (Å²) in [5.74, 6) is 0.829. The van der Waals surface area contributed by atoms with Gasteiger partial charge >= 0.3 is 0 Å². The lowest BCUT2D eigenvalue weighted by Gasteiger charge is -2.47. The first-order chi connectivity index (χ1) is 16.6. The molecule has 2 aromatic rings. The summed E-state index contributed by atoms with van der Waals surface area (Å²) in [6.07, 6.45) is 1.56. The largest absolute Gasteiger partial charge is 0.374 e. The van der Waals surface area contributed by atoms with Gasteiger partial charge in [0.1, 0.15) is 0 Å². The molecule has 4 aliphatic rings. The van der Waals surface area contributed by atoms with Gasteiger partial charge in [-0.3, -0.25) is 0 Å². The van der Waals surface area contributed by atoms with Crippen molar-refractivity contribution in [3.05, 3.63) is 59.7 Å². The van der Waals surface area contributed by atoms with Crippen LogP contribution in [0.5, 0.6) is 0 Å². The molecule has 2 bridgehead atoms. The zero-order valence-electron chi connectivity index (χ0n) is 20.1. The summed E-state index contributed by atoms with van der Waals surface area (Å²) in [5.41, 5.74) is 2.07. The summed E-state index contributed by atoms with van der Waals surface area (Å²) in [7, 11) is -7.07. The van der Waals surface area contributed by atoms with Crippen LogP contribution in [0.25, 0.3) is 0 Å². The minimum absolute atomic E-state index is 0.0137. The van der Waals surface area contributed by atoms with Crippen LogP contribution in [0.1, 0.15) is 24.0 Å². The van der Waals surface area contributed by atoms with Gasteiger partial charge in [0.05, 0.1) is 22.0 Å². The number of benzene rings is 2. The van der Waals surface area contributed by atoms with Crippen LogP contribution >= 0.6 is 0 Å². The molecule has 6 rings (SSSR count). The predicted molar refractivity (Wildman–Crippen MR) is 132 cm³/mol. The van der Waals surface area contributed by atoms with Gasteiger partial charge in [-0.25, -0.2) is 16.8 Å². The standard InChI is InChI=1S/C26H32N2O5S2/c1-17-3-7-21(8-4-17)34(29,30)27-13-19-11-26-24-16-28(14-20(24)12-25(33-26)23(19)15-27)35(31,32)22-9-5-18(2)6-10-22/h3-10,19-20,23-26H,11-16H2,1-2H3. The first kappa shape index (κ1) is 23.6. The van der Waals surface area contributed by atoms with Crippen LogP contribution < -0.4 is 0 Å². The Morgan fingerprint density at radius 3 is 1.37 bits per heavy atom. The Balaban J connectivity index is 1.18. The molecule has 0 N–H and O–H groups in total. The Morgan fingerprint density at radius 2 is 1.00 bits per heavy atom. The molecule has 6 unspecified atom stereocenters. The summed E-state index contributed by atoms with van der Waals surface area (Å²) >= 11 is 0. The summed E-state index contributed by atoms with van der Waals surface area (Å²) in [4.78, 5) is 0.693. The Kier molecular flexibility index (Phi) is 5.65. The van der Waals surface area contributed by atoms with Crippen LogP contribution in [-0.4, -0.2) is 63.8 Å². The first-order valence-corrected chi connectivity index (χ1v) is 15.3. The van der Waals surface area contributed by atoms with Gasteiger partial charge in [0.25, 0.3) is 0 Å². The maximum atomic E-state index is 13.3. The summed E-state index contributed by atoms with van der Waals surface area (Å²) < 4.78 is 62.9. The highest BCUT2D eigenvalue weighted by atomic mass is 32.2. The third-order valence-electron chi connectivity index (χ3n) is 8.61. The molecule has 35 heavy (non-hydrogen) atoms. The van der Waals surface area contributed by atoms with E-state index in [9.17, 15) is 16.8 Å². The molecule has 6 atom stereocenters. The second-order valence-electron chi connectivity index (χ2n) is 10.8. The summed E-state index contributed by atoms with van der Waals surface area (Å²) in [5, 5.41) is 0. The van der Waals surface area contributed by atoms with Crippen molar-refractivity contribution in [1.82, 2.24) is 8.61 Å². The van der Waals surface area contributed by atoms with Crippen LogP contribution in [0.15, 0.2) is 58.3 Å². The van der Waals surface area contributed by atoms with Crippen molar-refractivity contribution < 1.29 is 21.6 Å². The fourth-order valence-corrected chi connectivity index (χ4v) is 9.72. The van der Waals surface area contributed by atoms with Crippen molar-refractivity contribution in [2.75, 3.05) is 26.2 Å². The average Bonchev–Trinajstić information content (AvgIpc) is 3.45. The van der Waals surface area contributed by atoms with Gasteiger partial charge in [-0.05, 0) is 62.8 Å². The normalized spacial score (nSPS) is 33.4. The summed E-state index contributed by atoms with van der Waals surface area (Å²) in [6, 6.07) is 14.1. The molecule has 7 nitrogen and oxygen atoms in total. The SMILES string of the molecule is Cc1ccc(S(=O)(=O)N2CC3CC4OC(CC5CN(S(=O)(=O)c6ccc(C)cc6)CC54)C3C2)cc1. The Bertz CT molecular complexity index is 1220. The third kappa shape index (κ3) is 3.96. The Hall–Kier alpha value is -1.78. The number of nitrogens with zero attached hydrogens (tertiary/aromatic N) is 2. The second-order valence-corrected chi connectivity index (χ2v) is 14.7. The molecule has 188 valence electrons. The van der Waals surface area contributed by atoms with Crippen LogP contribution in [-0.2, 0) is 24.8 Å². The van der Waals surface area contributed by atoms with E-state index in [0.717, 1.165) is 24.0 Å². The lowest BCUT2D eigenvalue weighted by atomic mass is 9.70. The minimum Gasteiger partial charge on any atom is -0.374 e. The van der Waals surface area contributed by atoms with Gasteiger partial charge in [-0.2, -0.15) is 8.61 Å². The summed E-state index contributed by atoms with van der Waals surface area (Å²) in [6.45, 7) is 5.87. The zero-order chi connectivity index (χ0) is 24.5. The van der Waals surface area contributed by atoms with E-state index in [1.807, 2.05) is 38.1 Å². The van der Waals surface area contributed by atoms with Crippen molar-refractivity contribution in [2.45, 2.75) is 48.7 Å². The maximum absolute atomic E-state index is 13.3. The number of ether oxygens (including phenoxy) is 1. The van der Waals surface area contributed by atoms with E-state index in [1.165, 1.54) is 0 Å². The van der Waals surface area contributed by atoms with Gasteiger partial charge in [0, 0.05) is 38.0 Å². The molecule has 0 aromatic heterocycles. The molecular formula is C26H32N2O5S2. The molecule has 0 spiro atoms. The van der Waals surface area contributed by atoms with Crippen LogP contribution in [0.4, 0.5) is 0 Å². The number of hydrogen-bond donors (Lipinski definition) is 0. The van der Waals surface area contributed by atoms with Gasteiger partial charge in [0.2, 0.25) is 20.0 Å². The number of aryl methyl sites for hydroxylation is 2. The predicted octanol–water partition coefficient (Wildman–Crippen LogP) is 3.04. The van der Waals surface area contributed by atoms with Gasteiger partial charge in [-0.1, -0.05) is 35.4 Å². The van der Waals surface area contributed by atoms with Crippen LogP contribution in [0.3, 0.4) is 0 Å². The van der Waals surface area contributed by atoms with E-state index in [2.05, 4.69) is 0 Å². The van der Waals surface area contributed by atoms with Crippen molar-refractivity contribution in [3.8, 4) is 0 Å². The van der Waals surface area contributed by atoms with E-state index in [4.69, 9.17) is 4.74 Å². The number of hydrogen-bond acceptors (Lipinski definition) is 5. The molecule has 4 saturated heterocycles. The van der Waals surface area contributed by atoms with Crippen molar-refractivity contribution >= 4 is 20.0 Å². The maximum Gasteiger partial charge on any atom is 0.243 e. The fraction of sp³-hybridized carbons (Fsp3) is 0.538. The average molecular weight is 517 g/mol. The number of rotatable bonds is 4. The number of fused-ring (bicyclic) bond motifs is 6. The van der Waals surface area contributed by atoms with Crippen molar-refractivity contribution in [3.63, 3.8) is 0 Å². The monoisotopic (exact) mass is 516 g/mol. The van der Waals surface area contributed by atoms with Crippen molar-refractivity contribution in [2.24, 2.45) is 23.7 Å². The van der Waals surface area contributed by atoms with Crippen molar-refractivity contribution in [1.29, 1.82) is 0 Å². The Morgan fingerprint density at radius 1 is 0.629 bits per heavy atom. The lowest BCUT2D eigenvalue weighted by Crippen LogP contribution is -2.50. The topological polar surface area (TPSA) is 84.0 Å². The van der Waals surface area contributed by atoms with E-state index in [-0.39, 0.29) is 35.9 Å². The molecule has 4 aliphatic heterocycles. The number of sulfonamides is 2. The smallest absolute Gasteiger partial charge is 0.243 e. The molecule has 0 aliphatic carbocycles. The molecule has 9 heteroatoms. The van der Waals surface area contributed by atoms with Crippen LogP contribution in [0.2, 0.25) is 0 Å². The van der Waals surface area contributed by atoms with Crippen LogP contribution in [0, 0.1) is 37.5 Å².